The van der Waals surface area contributed by atoms with Crippen molar-refractivity contribution in [2.45, 2.75) is 19.8 Å². The molecule has 0 amide bonds. The molecule has 1 heterocycles. The minimum Gasteiger partial charge on any atom is -0.481 e. The first kappa shape index (κ1) is 15.6. The van der Waals surface area contributed by atoms with Gasteiger partial charge >= 0.3 is 5.97 Å². The molecule has 1 aromatic heterocycles. The molecule has 106 valence electrons. The normalized spacial score (nSPS) is 13.1. The van der Waals surface area contributed by atoms with E-state index in [1.807, 2.05) is 0 Å². The van der Waals surface area contributed by atoms with Crippen LogP contribution in [0.4, 0.5) is 0 Å². The van der Waals surface area contributed by atoms with Gasteiger partial charge < -0.3 is 5.11 Å². The van der Waals surface area contributed by atoms with Gasteiger partial charge in [-0.3, -0.25) is 9.78 Å². The summed E-state index contributed by atoms with van der Waals surface area (Å²) in [4.78, 5) is 14.6. The van der Waals surface area contributed by atoms with Crippen LogP contribution in [0.25, 0.3) is 0 Å². The second-order valence-electron chi connectivity index (χ2n) is 4.22. The van der Waals surface area contributed by atoms with E-state index in [0.29, 0.717) is 12.8 Å². The van der Waals surface area contributed by atoms with Crippen LogP contribution in [0.3, 0.4) is 0 Å². The molecule has 0 bridgehead atoms. The zero-order valence-corrected chi connectivity index (χ0v) is 11.6. The van der Waals surface area contributed by atoms with Gasteiger partial charge in [0.05, 0.1) is 11.7 Å². The maximum atomic E-state index is 11.7. The number of hydrogen-bond acceptors (Lipinski definition) is 4. The lowest BCUT2D eigenvalue weighted by Crippen LogP contribution is -2.34. The molecule has 19 heavy (non-hydrogen) atoms. The second-order valence-corrected chi connectivity index (χ2v) is 6.14. The number of aliphatic carboxylic acids is 1. The van der Waals surface area contributed by atoms with Crippen LogP contribution >= 0.6 is 0 Å². The molecule has 0 aliphatic heterocycles. The van der Waals surface area contributed by atoms with E-state index in [-0.39, 0.29) is 12.3 Å². The Bertz CT molecular complexity index is 502. The van der Waals surface area contributed by atoms with E-state index in [2.05, 4.69) is 9.71 Å². The van der Waals surface area contributed by atoms with Crippen LogP contribution in [0.1, 0.15) is 18.9 Å². The third kappa shape index (κ3) is 5.80. The van der Waals surface area contributed by atoms with Crippen LogP contribution < -0.4 is 4.72 Å². The Balaban J connectivity index is 2.46. The topological polar surface area (TPSA) is 96.4 Å². The summed E-state index contributed by atoms with van der Waals surface area (Å²) in [6, 6.07) is 3.50. The first-order valence-corrected chi connectivity index (χ1v) is 7.69. The number of carboxylic acids is 1. The van der Waals surface area contributed by atoms with Crippen molar-refractivity contribution in [1.82, 2.24) is 9.71 Å². The van der Waals surface area contributed by atoms with Crippen molar-refractivity contribution in [1.29, 1.82) is 0 Å². The van der Waals surface area contributed by atoms with Gasteiger partial charge in [0, 0.05) is 18.9 Å². The zero-order valence-electron chi connectivity index (χ0n) is 10.7. The number of sulfonamides is 1. The molecular weight excluding hydrogens is 268 g/mol. The van der Waals surface area contributed by atoms with Crippen molar-refractivity contribution in [3.63, 3.8) is 0 Å². The average Bonchev–Trinajstić information content (AvgIpc) is 2.38. The Hall–Kier alpha value is -1.47. The van der Waals surface area contributed by atoms with E-state index in [1.54, 1.807) is 31.5 Å². The van der Waals surface area contributed by atoms with Gasteiger partial charge in [-0.1, -0.05) is 6.92 Å². The van der Waals surface area contributed by atoms with Crippen molar-refractivity contribution in [2.75, 3.05) is 12.3 Å². The minimum absolute atomic E-state index is 0.0624. The van der Waals surface area contributed by atoms with Crippen LogP contribution in [0.2, 0.25) is 0 Å². The Kier molecular flexibility index (Phi) is 5.91. The van der Waals surface area contributed by atoms with Crippen LogP contribution in [0.15, 0.2) is 24.5 Å². The van der Waals surface area contributed by atoms with Gasteiger partial charge in [0.25, 0.3) is 0 Å². The zero-order chi connectivity index (χ0) is 14.3. The third-order valence-corrected chi connectivity index (χ3v) is 4.15. The molecule has 0 saturated carbocycles. The third-order valence-electron chi connectivity index (χ3n) is 2.80. The molecule has 0 spiro atoms. The molecule has 0 saturated heterocycles. The fourth-order valence-electron chi connectivity index (χ4n) is 1.51. The number of carboxylic acid groups (broad SMARTS) is 1. The second kappa shape index (κ2) is 7.20. The molecule has 0 radical (unpaired) electrons. The van der Waals surface area contributed by atoms with E-state index in [4.69, 9.17) is 5.11 Å². The van der Waals surface area contributed by atoms with Crippen LogP contribution in [-0.2, 0) is 21.2 Å². The number of pyridine rings is 1. The van der Waals surface area contributed by atoms with E-state index in [1.165, 1.54) is 0 Å². The Morgan fingerprint density at radius 1 is 1.42 bits per heavy atom. The number of aryl methyl sites for hydroxylation is 1. The number of nitrogens with one attached hydrogen (secondary N) is 1. The van der Waals surface area contributed by atoms with Crippen molar-refractivity contribution in [3.05, 3.63) is 30.1 Å². The Labute approximate surface area is 112 Å². The first-order valence-electron chi connectivity index (χ1n) is 6.03. The van der Waals surface area contributed by atoms with Crippen molar-refractivity contribution >= 4 is 16.0 Å². The molecule has 1 atom stereocenters. The highest BCUT2D eigenvalue weighted by molar-refractivity contribution is 7.89. The number of nitrogens with zero attached hydrogens (tertiary/aromatic N) is 1. The van der Waals surface area contributed by atoms with Gasteiger partial charge in [0.15, 0.2) is 0 Å². The monoisotopic (exact) mass is 286 g/mol. The molecule has 7 heteroatoms. The van der Waals surface area contributed by atoms with Crippen molar-refractivity contribution in [2.24, 2.45) is 5.92 Å². The van der Waals surface area contributed by atoms with Gasteiger partial charge in [-0.25, -0.2) is 13.1 Å². The standard InChI is InChI=1S/C12H18N2O4S/c1-2-11(12(15)16)9-14-19(17,18)8-5-10-3-6-13-7-4-10/h3-4,6-7,11,14H,2,5,8-9H2,1H3,(H,15,16). The summed E-state index contributed by atoms with van der Waals surface area (Å²) in [5, 5.41) is 8.84. The van der Waals surface area contributed by atoms with Gasteiger partial charge in [-0.15, -0.1) is 0 Å². The van der Waals surface area contributed by atoms with Crippen molar-refractivity contribution in [3.8, 4) is 0 Å². The molecule has 1 aromatic rings. The summed E-state index contributed by atoms with van der Waals surface area (Å²) in [6.07, 6.45) is 3.98. The number of aromatic nitrogens is 1. The van der Waals surface area contributed by atoms with Crippen molar-refractivity contribution < 1.29 is 18.3 Å². The van der Waals surface area contributed by atoms with E-state index < -0.39 is 21.9 Å². The summed E-state index contributed by atoms with van der Waals surface area (Å²) < 4.78 is 25.8. The molecule has 0 aliphatic carbocycles. The van der Waals surface area contributed by atoms with E-state index in [9.17, 15) is 13.2 Å². The first-order chi connectivity index (χ1) is 8.94. The summed E-state index contributed by atoms with van der Waals surface area (Å²) in [6.45, 7) is 1.65. The Morgan fingerprint density at radius 3 is 2.58 bits per heavy atom. The molecule has 1 rings (SSSR count). The molecule has 0 fully saturated rings. The minimum atomic E-state index is -3.45. The average molecular weight is 286 g/mol. The molecule has 6 nitrogen and oxygen atoms in total. The molecule has 0 aliphatic rings. The fourth-order valence-corrected chi connectivity index (χ4v) is 2.61. The summed E-state index contributed by atoms with van der Waals surface area (Å²) in [5.74, 6) is -1.73. The summed E-state index contributed by atoms with van der Waals surface area (Å²) >= 11 is 0. The van der Waals surface area contributed by atoms with E-state index >= 15 is 0 Å². The van der Waals surface area contributed by atoms with Crippen LogP contribution in [-0.4, -0.2) is 36.8 Å². The smallest absolute Gasteiger partial charge is 0.307 e. The van der Waals surface area contributed by atoms with Gasteiger partial charge in [0.1, 0.15) is 0 Å². The van der Waals surface area contributed by atoms with Gasteiger partial charge in [-0.05, 0) is 30.5 Å². The van der Waals surface area contributed by atoms with Gasteiger partial charge in [0.2, 0.25) is 10.0 Å². The molecular formula is C12H18N2O4S. The summed E-state index contributed by atoms with van der Waals surface area (Å²) in [5.41, 5.74) is 0.880. The number of rotatable bonds is 8. The number of hydrogen-bond donors (Lipinski definition) is 2. The molecule has 0 aromatic carbocycles. The van der Waals surface area contributed by atoms with Gasteiger partial charge in [-0.2, -0.15) is 0 Å². The Morgan fingerprint density at radius 2 is 2.05 bits per heavy atom. The lowest BCUT2D eigenvalue weighted by Gasteiger charge is -2.11. The van der Waals surface area contributed by atoms with Crippen LogP contribution in [0, 0.1) is 5.92 Å². The lowest BCUT2D eigenvalue weighted by molar-refractivity contribution is -0.141. The summed E-state index contributed by atoms with van der Waals surface area (Å²) in [7, 11) is -3.45. The van der Waals surface area contributed by atoms with Crippen LogP contribution in [0.5, 0.6) is 0 Å². The fraction of sp³-hybridized carbons (Fsp3) is 0.500. The SMILES string of the molecule is CCC(CNS(=O)(=O)CCc1ccncc1)C(=O)O. The highest BCUT2D eigenvalue weighted by atomic mass is 32.2. The lowest BCUT2D eigenvalue weighted by atomic mass is 10.1. The largest absolute Gasteiger partial charge is 0.481 e. The maximum absolute atomic E-state index is 11.7. The molecule has 2 N–H and O–H groups in total. The predicted octanol–water partition coefficient (Wildman–Crippen LogP) is 0.654. The van der Waals surface area contributed by atoms with E-state index in [0.717, 1.165) is 5.56 Å². The highest BCUT2D eigenvalue weighted by Gasteiger charge is 2.18. The predicted molar refractivity (Wildman–Crippen MR) is 71.1 cm³/mol. The molecule has 1 unspecified atom stereocenters. The maximum Gasteiger partial charge on any atom is 0.307 e. The highest BCUT2D eigenvalue weighted by Crippen LogP contribution is 2.03. The quantitative estimate of drug-likeness (QED) is 0.731. The number of carbonyl (C=O) groups is 1.